The maximum Gasteiger partial charge on any atom is 0.176 e. The lowest BCUT2D eigenvalue weighted by Gasteiger charge is -2.15. The summed E-state index contributed by atoms with van der Waals surface area (Å²) in [7, 11) is 8.37. The molecule has 62 heavy (non-hydrogen) atoms. The minimum absolute atomic E-state index is 0.831. The first-order chi connectivity index (χ1) is 30.3. The van der Waals surface area contributed by atoms with Gasteiger partial charge in [0.1, 0.15) is 28.2 Å². The number of aromatic nitrogens is 4. The Morgan fingerprint density at radius 3 is 1.06 bits per heavy atom. The van der Waals surface area contributed by atoms with Crippen LogP contribution in [0.25, 0.3) is 22.3 Å². The summed E-state index contributed by atoms with van der Waals surface area (Å²) in [4.78, 5) is 11.1. The zero-order chi connectivity index (χ0) is 41.9. The zero-order valence-electron chi connectivity index (χ0n) is 35.7. The molecule has 0 amide bonds. The van der Waals surface area contributed by atoms with Crippen LogP contribution < -0.4 is 18.3 Å². The Balaban J connectivity index is 1.11. The van der Waals surface area contributed by atoms with Gasteiger partial charge in [-0.25, -0.2) is 28.3 Å². The second-order valence-electron chi connectivity index (χ2n) is 17.2. The van der Waals surface area contributed by atoms with Crippen molar-refractivity contribution in [2.24, 2.45) is 38.2 Å². The van der Waals surface area contributed by atoms with Gasteiger partial charge in [-0.15, -0.1) is 0 Å². The van der Waals surface area contributed by atoms with E-state index in [9.17, 15) is 0 Å². The molecule has 4 aliphatic carbocycles. The lowest BCUT2D eigenvalue weighted by Crippen LogP contribution is -2.27. The molecule has 0 aromatic carbocycles. The van der Waals surface area contributed by atoms with Crippen molar-refractivity contribution in [3.05, 3.63) is 249 Å². The van der Waals surface area contributed by atoms with Crippen LogP contribution in [0.3, 0.4) is 0 Å². The van der Waals surface area contributed by atoms with Crippen LogP contribution in [0, 0.1) is 0 Å². The fourth-order valence-corrected chi connectivity index (χ4v) is 9.88. The summed E-state index contributed by atoms with van der Waals surface area (Å²) in [6.07, 6.45) is 48.1. The second kappa shape index (κ2) is 15.2. The van der Waals surface area contributed by atoms with E-state index in [1.807, 2.05) is 0 Å². The Labute approximate surface area is 363 Å². The number of nitrogens with zero attached hydrogens (tertiary/aromatic N) is 6. The molecule has 7 heterocycles. The number of rotatable bonds is 4. The predicted octanol–water partition coefficient (Wildman–Crippen LogP) is 8.78. The van der Waals surface area contributed by atoms with Crippen LogP contribution in [0.4, 0.5) is 0 Å². The van der Waals surface area contributed by atoms with E-state index in [-0.39, 0.29) is 0 Å². The van der Waals surface area contributed by atoms with E-state index in [0.29, 0.717) is 0 Å². The molecular weight excluding hydrogens is 757 g/mol. The molecule has 0 fully saturated rings. The Kier molecular flexibility index (Phi) is 9.23. The van der Waals surface area contributed by atoms with Crippen molar-refractivity contribution in [1.29, 1.82) is 0 Å². The van der Waals surface area contributed by atoms with Gasteiger partial charge in [0.15, 0.2) is 49.6 Å². The minimum atomic E-state index is 0.831. The molecule has 0 N–H and O–H groups in total. The molecule has 0 saturated carbocycles. The number of pyridine rings is 4. The minimum Gasteiger partial charge on any atom is -0.248 e. The molecule has 298 valence electrons. The van der Waals surface area contributed by atoms with Gasteiger partial charge in [0, 0.05) is 68.8 Å². The highest BCUT2D eigenvalue weighted by Crippen LogP contribution is 2.45. The number of hydrogen-bond donors (Lipinski definition) is 0. The van der Waals surface area contributed by atoms with Gasteiger partial charge < -0.3 is 0 Å². The Bertz CT molecular complexity index is 2970. The molecule has 0 saturated heterocycles. The highest BCUT2D eigenvalue weighted by molar-refractivity contribution is 6.33. The van der Waals surface area contributed by atoms with Gasteiger partial charge >= 0.3 is 0 Å². The van der Waals surface area contributed by atoms with Crippen LogP contribution in [-0.4, -0.2) is 11.4 Å². The number of aryl methyl sites for hydroxylation is 4. The smallest absolute Gasteiger partial charge is 0.176 e. The van der Waals surface area contributed by atoms with E-state index in [0.717, 1.165) is 70.8 Å². The first-order valence-corrected chi connectivity index (χ1v) is 21.5. The monoisotopic (exact) mass is 804 g/mol. The average Bonchev–Trinajstić information content (AvgIpc) is 4.12. The first kappa shape index (κ1) is 37.6. The van der Waals surface area contributed by atoms with Crippen LogP contribution in [-0.2, 0) is 28.2 Å². The summed E-state index contributed by atoms with van der Waals surface area (Å²) >= 11 is 0. The first-order valence-electron chi connectivity index (χ1n) is 21.5. The topological polar surface area (TPSA) is 40.2 Å². The molecule has 0 unspecified atom stereocenters. The fraction of sp³-hybridized carbons (Fsp3) is 0.143. The quantitative estimate of drug-likeness (QED) is 0.185. The van der Waals surface area contributed by atoms with Gasteiger partial charge in [-0.2, -0.15) is 0 Å². The summed E-state index contributed by atoms with van der Waals surface area (Å²) in [5.74, 6) is 0. The molecule has 4 aromatic heterocycles. The van der Waals surface area contributed by atoms with Gasteiger partial charge in [-0.05, 0) is 119 Å². The van der Waals surface area contributed by atoms with Crippen molar-refractivity contribution >= 4 is 33.7 Å². The molecule has 6 nitrogen and oxygen atoms in total. The number of fused-ring (bicyclic) bond motifs is 11. The highest BCUT2D eigenvalue weighted by atomic mass is 14.9. The van der Waals surface area contributed by atoms with Gasteiger partial charge in [-0.1, -0.05) is 48.6 Å². The lowest BCUT2D eigenvalue weighted by molar-refractivity contribution is -0.671. The second-order valence-corrected chi connectivity index (χ2v) is 17.2. The van der Waals surface area contributed by atoms with E-state index >= 15 is 0 Å². The van der Waals surface area contributed by atoms with E-state index in [4.69, 9.17) is 9.98 Å². The SMILES string of the molecule is C[n+]1cccc(C2=C3C=CC(=C4C=CC(=C(c5ccc[n+](C)c5)C5=NC(=C(c6ccc[n+](C)c6)C6=CC=C(C6)C6=CC=C(C6)C(c6ccc[n+](C)c6)=C6C=CC2=N6)C=C5)C4)C3)c1. The molecule has 11 rings (SSSR count). The molecule has 0 radical (unpaired) electrons. The normalized spacial score (nSPS) is 19.0. The third-order valence-corrected chi connectivity index (χ3v) is 12.8. The molecule has 3 aliphatic heterocycles. The van der Waals surface area contributed by atoms with Crippen molar-refractivity contribution in [3.63, 3.8) is 0 Å². The Morgan fingerprint density at radius 1 is 0.355 bits per heavy atom. The van der Waals surface area contributed by atoms with Crippen LogP contribution >= 0.6 is 0 Å². The predicted molar refractivity (Wildman–Crippen MR) is 247 cm³/mol. The summed E-state index contributed by atoms with van der Waals surface area (Å²) in [5, 5.41) is 0. The number of allylic oxidation sites excluding steroid dienone is 24. The number of hydrogen-bond acceptors (Lipinski definition) is 2. The summed E-state index contributed by atoms with van der Waals surface area (Å²) < 4.78 is 8.53. The van der Waals surface area contributed by atoms with Crippen molar-refractivity contribution in [2.75, 3.05) is 0 Å². The maximum absolute atomic E-state index is 5.55. The van der Waals surface area contributed by atoms with Gasteiger partial charge in [0.2, 0.25) is 0 Å². The van der Waals surface area contributed by atoms with E-state index in [1.54, 1.807) is 0 Å². The van der Waals surface area contributed by atoms with Crippen molar-refractivity contribution in [2.45, 2.75) is 25.7 Å². The average molecular weight is 805 g/mol. The molecule has 0 atom stereocenters. The van der Waals surface area contributed by atoms with Gasteiger partial charge in [0.05, 0.1) is 22.8 Å². The van der Waals surface area contributed by atoms with Crippen molar-refractivity contribution in [3.8, 4) is 0 Å². The largest absolute Gasteiger partial charge is 0.248 e. The molecule has 12 bridgehead atoms. The summed E-state index contributed by atoms with van der Waals surface area (Å²) in [6.45, 7) is 0. The summed E-state index contributed by atoms with van der Waals surface area (Å²) in [5.41, 5.74) is 23.8. The maximum atomic E-state index is 5.55. The standard InChI is InChI=1S/C56H48N6/c1-59-25-5-9-45(33-59)53-41-17-13-37(29-41)38-14-18-43(30-38)55(47-11-7-27-61(3)35-47)51-23-24-52(58-51)56(48-12-8-28-62(4)36-48)44-20-16-40(32-44)39-15-19-42(31-39)54(50-22-21-49(53)57-50)46-10-6-26-60(2)34-46/h5-28,33-36H,29-32H2,1-4H3/q+4. The van der Waals surface area contributed by atoms with Crippen LogP contribution in [0.2, 0.25) is 0 Å². The summed E-state index contributed by atoms with van der Waals surface area (Å²) in [6, 6.07) is 17.4. The highest BCUT2D eigenvalue weighted by Gasteiger charge is 2.30. The molecule has 0 spiro atoms. The van der Waals surface area contributed by atoms with Gasteiger partial charge in [0.25, 0.3) is 0 Å². The lowest BCUT2D eigenvalue weighted by atomic mass is 9.90. The number of aliphatic imine (C=N–C) groups is 2. The van der Waals surface area contributed by atoms with Crippen molar-refractivity contribution < 1.29 is 18.3 Å². The van der Waals surface area contributed by atoms with Crippen LogP contribution in [0.15, 0.2) is 237 Å². The van der Waals surface area contributed by atoms with E-state index in [1.165, 1.54) is 66.9 Å². The third kappa shape index (κ3) is 6.88. The van der Waals surface area contributed by atoms with Crippen LogP contribution in [0.5, 0.6) is 0 Å². The van der Waals surface area contributed by atoms with Crippen molar-refractivity contribution in [1.82, 2.24) is 0 Å². The fourth-order valence-electron chi connectivity index (χ4n) is 9.88. The molecular formula is C56H48N6+4. The molecule has 7 aliphatic rings. The van der Waals surface area contributed by atoms with Gasteiger partial charge in [-0.3, -0.25) is 0 Å². The zero-order valence-corrected chi connectivity index (χ0v) is 35.7. The third-order valence-electron chi connectivity index (χ3n) is 12.8. The van der Waals surface area contributed by atoms with Crippen LogP contribution in [0.1, 0.15) is 47.9 Å². The van der Waals surface area contributed by atoms with E-state index in [2.05, 4.69) is 217 Å². The van der Waals surface area contributed by atoms with E-state index < -0.39 is 0 Å². The Morgan fingerprint density at radius 2 is 0.694 bits per heavy atom. The Hall–Kier alpha value is -7.44. The molecule has 6 heteroatoms. The molecule has 4 aromatic rings.